The zero-order chi connectivity index (χ0) is 10.1. The fourth-order valence-corrected chi connectivity index (χ4v) is 2.19. The molecule has 1 N–H and O–H groups in total. The fraction of sp³-hybridized carbons (Fsp3) is 0.545. The third kappa shape index (κ3) is 1.55. The number of nitrogens with zero attached hydrogens (tertiary/aromatic N) is 2. The highest BCUT2D eigenvalue weighted by Gasteiger charge is 2.22. The fourth-order valence-electron chi connectivity index (χ4n) is 2.19. The van der Waals surface area contributed by atoms with Crippen LogP contribution in [0.25, 0.3) is 0 Å². The smallest absolute Gasteiger partial charge is 0.171 e. The molecule has 80 valence electrons. The number of fused-ring (bicyclic) bond motifs is 1. The average molecular weight is 205 g/mol. The molecule has 15 heavy (non-hydrogen) atoms. The van der Waals surface area contributed by atoms with Crippen LogP contribution in [-0.2, 0) is 6.42 Å². The van der Waals surface area contributed by atoms with Gasteiger partial charge in [-0.3, -0.25) is 0 Å². The summed E-state index contributed by atoms with van der Waals surface area (Å²) in [5, 5.41) is 3.34. The number of hydrogen-bond donors (Lipinski definition) is 1. The zero-order valence-electron chi connectivity index (χ0n) is 8.70. The summed E-state index contributed by atoms with van der Waals surface area (Å²) in [6, 6.07) is 2.06. The topological polar surface area (TPSA) is 37.4 Å². The molecule has 3 rings (SSSR count). The molecular weight excluding hydrogens is 190 g/mol. The van der Waals surface area contributed by atoms with Crippen molar-refractivity contribution in [3.8, 4) is 5.75 Å². The number of nitrogens with one attached hydrogen (secondary N) is 1. The molecule has 0 amide bonds. The summed E-state index contributed by atoms with van der Waals surface area (Å²) in [6.07, 6.45) is 2.92. The van der Waals surface area contributed by atoms with Crippen molar-refractivity contribution in [2.75, 3.05) is 37.7 Å². The number of piperazine rings is 1. The minimum absolute atomic E-state index is 0.806. The molecule has 0 spiro atoms. The van der Waals surface area contributed by atoms with Crippen molar-refractivity contribution in [2.24, 2.45) is 0 Å². The van der Waals surface area contributed by atoms with E-state index in [0.29, 0.717) is 0 Å². The maximum Gasteiger partial charge on any atom is 0.171 e. The highest BCUT2D eigenvalue weighted by atomic mass is 16.5. The quantitative estimate of drug-likeness (QED) is 0.721. The Morgan fingerprint density at radius 1 is 1.33 bits per heavy atom. The second-order valence-electron chi connectivity index (χ2n) is 3.96. The first-order chi connectivity index (χ1) is 7.45. The van der Waals surface area contributed by atoms with Gasteiger partial charge in [-0.05, 0) is 6.07 Å². The van der Waals surface area contributed by atoms with Gasteiger partial charge < -0.3 is 15.0 Å². The molecule has 0 aromatic carbocycles. The van der Waals surface area contributed by atoms with Gasteiger partial charge in [0.15, 0.2) is 11.6 Å². The predicted octanol–water partition coefficient (Wildman–Crippen LogP) is 0.426. The number of aromatic nitrogens is 1. The standard InChI is InChI=1S/C11H15N3O/c1-3-13-11(10-9(1)2-8-15-10)14-6-4-12-5-7-14/h1,3,12H,2,4-8H2. The highest BCUT2D eigenvalue weighted by molar-refractivity contribution is 5.58. The van der Waals surface area contributed by atoms with Crippen LogP contribution in [0.1, 0.15) is 5.56 Å². The van der Waals surface area contributed by atoms with Crippen molar-refractivity contribution < 1.29 is 4.74 Å². The Kier molecular flexibility index (Phi) is 2.21. The molecule has 2 aliphatic heterocycles. The van der Waals surface area contributed by atoms with Crippen molar-refractivity contribution in [1.29, 1.82) is 0 Å². The molecule has 0 bridgehead atoms. The van der Waals surface area contributed by atoms with Gasteiger partial charge in [0.2, 0.25) is 0 Å². The summed E-state index contributed by atoms with van der Waals surface area (Å²) >= 11 is 0. The van der Waals surface area contributed by atoms with Gasteiger partial charge in [-0.2, -0.15) is 0 Å². The summed E-state index contributed by atoms with van der Waals surface area (Å²) in [5.74, 6) is 2.05. The zero-order valence-corrected chi connectivity index (χ0v) is 8.70. The number of pyridine rings is 1. The highest BCUT2D eigenvalue weighted by Crippen LogP contribution is 2.33. The molecule has 0 radical (unpaired) electrons. The second-order valence-corrected chi connectivity index (χ2v) is 3.96. The summed E-state index contributed by atoms with van der Waals surface area (Å²) in [6.45, 7) is 4.91. The van der Waals surface area contributed by atoms with E-state index < -0.39 is 0 Å². The normalized spacial score (nSPS) is 19.9. The van der Waals surface area contributed by atoms with Gasteiger partial charge in [-0.25, -0.2) is 4.98 Å². The summed E-state index contributed by atoms with van der Waals surface area (Å²) in [4.78, 5) is 6.75. The Hall–Kier alpha value is -1.29. The molecular formula is C11H15N3O. The van der Waals surface area contributed by atoms with E-state index in [-0.39, 0.29) is 0 Å². The predicted molar refractivity (Wildman–Crippen MR) is 58.5 cm³/mol. The summed E-state index contributed by atoms with van der Waals surface area (Å²) in [5.41, 5.74) is 1.30. The van der Waals surface area contributed by atoms with E-state index in [0.717, 1.165) is 50.8 Å². The van der Waals surface area contributed by atoms with Gasteiger partial charge >= 0.3 is 0 Å². The molecule has 1 aromatic rings. The van der Waals surface area contributed by atoms with Crippen molar-refractivity contribution in [3.63, 3.8) is 0 Å². The number of rotatable bonds is 1. The molecule has 4 nitrogen and oxygen atoms in total. The van der Waals surface area contributed by atoms with Crippen LogP contribution >= 0.6 is 0 Å². The number of ether oxygens (including phenoxy) is 1. The van der Waals surface area contributed by atoms with E-state index in [1.54, 1.807) is 0 Å². The molecule has 0 aliphatic carbocycles. The maximum atomic E-state index is 5.66. The molecule has 4 heteroatoms. The van der Waals surface area contributed by atoms with Crippen molar-refractivity contribution in [1.82, 2.24) is 10.3 Å². The van der Waals surface area contributed by atoms with E-state index in [4.69, 9.17) is 4.74 Å². The average Bonchev–Trinajstić information content (AvgIpc) is 2.78. The Morgan fingerprint density at radius 3 is 3.07 bits per heavy atom. The first kappa shape index (κ1) is 8.97. The largest absolute Gasteiger partial charge is 0.489 e. The molecule has 1 fully saturated rings. The lowest BCUT2D eigenvalue weighted by Gasteiger charge is -2.29. The van der Waals surface area contributed by atoms with Crippen LogP contribution in [0.15, 0.2) is 12.3 Å². The maximum absolute atomic E-state index is 5.66. The second kappa shape index (κ2) is 3.70. The van der Waals surface area contributed by atoms with Crippen LogP contribution < -0.4 is 15.0 Å². The molecule has 0 saturated carbocycles. The van der Waals surface area contributed by atoms with Crippen LogP contribution in [0, 0.1) is 0 Å². The van der Waals surface area contributed by atoms with Crippen LogP contribution in [0.3, 0.4) is 0 Å². The minimum Gasteiger partial charge on any atom is -0.489 e. The van der Waals surface area contributed by atoms with Gasteiger partial charge in [0, 0.05) is 44.4 Å². The first-order valence-corrected chi connectivity index (χ1v) is 5.51. The number of hydrogen-bond acceptors (Lipinski definition) is 4. The monoisotopic (exact) mass is 205 g/mol. The van der Waals surface area contributed by atoms with Crippen molar-refractivity contribution in [3.05, 3.63) is 17.8 Å². The van der Waals surface area contributed by atoms with Crippen LogP contribution in [0.4, 0.5) is 5.82 Å². The Bertz CT molecular complexity index is 361. The van der Waals surface area contributed by atoms with E-state index in [2.05, 4.69) is 21.3 Å². The van der Waals surface area contributed by atoms with Gasteiger partial charge in [0.25, 0.3) is 0 Å². The Morgan fingerprint density at radius 2 is 2.20 bits per heavy atom. The van der Waals surface area contributed by atoms with Gasteiger partial charge in [-0.15, -0.1) is 0 Å². The Balaban J connectivity index is 1.93. The molecule has 0 unspecified atom stereocenters. The third-order valence-electron chi connectivity index (χ3n) is 3.00. The lowest BCUT2D eigenvalue weighted by molar-refractivity contribution is 0.355. The van der Waals surface area contributed by atoms with Crippen molar-refractivity contribution >= 4 is 5.82 Å². The Labute approximate surface area is 89.3 Å². The summed E-state index contributed by atoms with van der Waals surface area (Å²) in [7, 11) is 0. The van der Waals surface area contributed by atoms with Crippen LogP contribution in [0.2, 0.25) is 0 Å². The van der Waals surface area contributed by atoms with Gasteiger partial charge in [-0.1, -0.05) is 0 Å². The van der Waals surface area contributed by atoms with E-state index in [9.17, 15) is 0 Å². The molecule has 2 aliphatic rings. The van der Waals surface area contributed by atoms with Gasteiger partial charge in [0.05, 0.1) is 6.61 Å². The minimum atomic E-state index is 0.806. The van der Waals surface area contributed by atoms with E-state index in [1.807, 2.05) is 6.20 Å². The first-order valence-electron chi connectivity index (χ1n) is 5.51. The molecule has 3 heterocycles. The van der Waals surface area contributed by atoms with E-state index in [1.165, 1.54) is 5.56 Å². The molecule has 0 atom stereocenters. The van der Waals surface area contributed by atoms with E-state index >= 15 is 0 Å². The third-order valence-corrected chi connectivity index (χ3v) is 3.00. The SMILES string of the molecule is c1cc2c(c(N3CCNCC3)n1)OCC2. The molecule has 1 aromatic heterocycles. The van der Waals surface area contributed by atoms with Gasteiger partial charge in [0.1, 0.15) is 0 Å². The van der Waals surface area contributed by atoms with Crippen LogP contribution in [-0.4, -0.2) is 37.8 Å². The summed E-state index contributed by atoms with van der Waals surface area (Å²) < 4.78 is 5.66. The lowest BCUT2D eigenvalue weighted by Crippen LogP contribution is -2.44. The lowest BCUT2D eigenvalue weighted by atomic mass is 10.2. The van der Waals surface area contributed by atoms with Crippen molar-refractivity contribution in [2.45, 2.75) is 6.42 Å². The molecule has 1 saturated heterocycles. The number of anilines is 1. The van der Waals surface area contributed by atoms with Crippen LogP contribution in [0.5, 0.6) is 5.75 Å².